The van der Waals surface area contributed by atoms with Crippen molar-refractivity contribution in [3.63, 3.8) is 0 Å². The Balaban J connectivity index is -0.000000656. The van der Waals surface area contributed by atoms with Gasteiger partial charge in [-0.05, 0) is 85.8 Å². The van der Waals surface area contributed by atoms with Gasteiger partial charge in [0.2, 0.25) is 0 Å². The topological polar surface area (TPSA) is 191 Å². The van der Waals surface area contributed by atoms with E-state index in [0.717, 1.165) is 16.7 Å². The van der Waals surface area contributed by atoms with E-state index >= 15 is 0 Å². The Hall–Kier alpha value is -6.11. The SMILES string of the molecule is C#CN=C=C.C=C.C=C=C=C=C=C.C=C=C=O.COc1ccc(-c2cc(=NCC(=O)O)c3ccccc3o2)cc1.[O-][Cl+3]([O-])([O-])O. The van der Waals surface area contributed by atoms with Crippen LogP contribution in [0.25, 0.3) is 22.3 Å². The first-order valence-electron chi connectivity index (χ1n) is 11.6. The van der Waals surface area contributed by atoms with Gasteiger partial charge in [-0.3, -0.25) is 9.79 Å². The fourth-order valence-electron chi connectivity index (χ4n) is 2.43. The second-order valence-corrected chi connectivity index (χ2v) is 7.40. The van der Waals surface area contributed by atoms with Gasteiger partial charge in [-0.2, -0.15) is 19.0 Å². The van der Waals surface area contributed by atoms with Crippen LogP contribution in [0.1, 0.15) is 0 Å². The first-order chi connectivity index (χ1) is 21.4. The maximum atomic E-state index is 10.8. The number of carbonyl (C=O) groups is 1. The summed E-state index contributed by atoms with van der Waals surface area (Å²) in [5.74, 6) is 3.88. The highest BCUT2D eigenvalue weighted by atomic mass is 35.7. The monoisotopic (exact) mass is 632 g/mol. The molecule has 0 radical (unpaired) electrons. The normalized spacial score (nSPS) is 8.49. The molecule has 0 saturated carbocycles. The van der Waals surface area contributed by atoms with Gasteiger partial charge >= 0.3 is 5.97 Å². The van der Waals surface area contributed by atoms with Crippen molar-refractivity contribution in [3.8, 4) is 29.5 Å². The standard InChI is InChI=1S/C18H15NO4.C6H4.C4H3N.C3H2O.C2H4.ClHO4/c1-22-13-8-6-12(7-9-13)17-10-15(19-11-18(20)21)14-4-2-3-5-16(14)23-17;1-3-5-6-4-2;1-3-5-4-2;1-2-3-4;1-2;2-1(3,4)5/h2-10H,11H2,1H3,(H,20,21);1-2H2;1H,2H2;1H2;1-2H2;(H,2,3,4,5). The molecule has 0 atom stereocenters. The van der Waals surface area contributed by atoms with Gasteiger partial charge in [0, 0.05) is 23.1 Å². The Bertz CT molecular complexity index is 1690. The molecular formula is C33H29ClN2O9. The highest BCUT2D eigenvalue weighted by Gasteiger charge is 2.06. The number of aliphatic imine (C=N–C) groups is 1. The third-order valence-electron chi connectivity index (χ3n) is 3.86. The lowest BCUT2D eigenvalue weighted by atomic mass is 10.1. The number of terminal acetylenes is 1. The number of para-hydroxylation sites is 1. The number of carboxylic acids is 1. The number of carbonyl (C=O) groups excluding carboxylic acids is 1. The van der Waals surface area contributed by atoms with Crippen molar-refractivity contribution in [1.82, 2.24) is 0 Å². The third kappa shape index (κ3) is 25.3. The van der Waals surface area contributed by atoms with Crippen molar-refractivity contribution in [2.45, 2.75) is 0 Å². The number of hydrogen-bond acceptors (Lipinski definition) is 10. The van der Waals surface area contributed by atoms with E-state index in [1.54, 1.807) is 13.2 Å². The molecule has 45 heavy (non-hydrogen) atoms. The van der Waals surface area contributed by atoms with E-state index < -0.39 is 16.2 Å². The van der Waals surface area contributed by atoms with Gasteiger partial charge in [-0.15, -0.1) is 13.2 Å². The summed E-state index contributed by atoms with van der Waals surface area (Å²) in [5.41, 5.74) is 12.9. The maximum absolute atomic E-state index is 10.8. The molecule has 0 fully saturated rings. The van der Waals surface area contributed by atoms with Gasteiger partial charge in [-0.25, -0.2) is 4.79 Å². The largest absolute Gasteiger partial charge is 0.497 e. The predicted octanol–water partition coefficient (Wildman–Crippen LogP) is 1.79. The zero-order valence-electron chi connectivity index (χ0n) is 24.2. The zero-order chi connectivity index (χ0) is 35.1. The number of ether oxygens (including phenoxy) is 1. The molecule has 3 rings (SSSR count). The number of aliphatic carboxylic acids is 1. The molecular weight excluding hydrogens is 604 g/mol. The minimum absolute atomic E-state index is 0.282. The van der Waals surface area contributed by atoms with Gasteiger partial charge < -0.3 is 14.3 Å². The number of methoxy groups -OCH3 is 1. The minimum Gasteiger partial charge on any atom is -0.497 e. The number of halogens is 1. The number of benzene rings is 2. The molecule has 2 aromatic carbocycles. The van der Waals surface area contributed by atoms with Gasteiger partial charge in [-0.1, -0.05) is 30.0 Å². The minimum atomic E-state index is -4.69. The smallest absolute Gasteiger partial charge is 0.325 e. The van der Waals surface area contributed by atoms with Crippen molar-refractivity contribution < 1.29 is 52.7 Å². The molecule has 2 N–H and O–H groups in total. The summed E-state index contributed by atoms with van der Waals surface area (Å²) >= 11 is 0. The summed E-state index contributed by atoms with van der Waals surface area (Å²) < 4.78 is 43.8. The molecule has 0 aliphatic carbocycles. The van der Waals surface area contributed by atoms with E-state index in [9.17, 15) is 4.79 Å². The van der Waals surface area contributed by atoms with Crippen LogP contribution in [-0.4, -0.2) is 41.2 Å². The van der Waals surface area contributed by atoms with Crippen molar-refractivity contribution >= 4 is 28.7 Å². The predicted molar refractivity (Wildman–Crippen MR) is 162 cm³/mol. The summed E-state index contributed by atoms with van der Waals surface area (Å²) in [5, 5.41) is 10.2. The van der Waals surface area contributed by atoms with E-state index in [4.69, 9.17) is 37.7 Å². The van der Waals surface area contributed by atoms with E-state index in [-0.39, 0.29) is 6.54 Å². The number of fused-ring (bicyclic) bond motifs is 1. The van der Waals surface area contributed by atoms with Crippen LogP contribution in [-0.2, 0) is 9.59 Å². The molecule has 0 aliphatic rings. The second kappa shape index (κ2) is 28.0. The molecule has 0 saturated heterocycles. The molecule has 0 spiro atoms. The van der Waals surface area contributed by atoms with Crippen LogP contribution in [0.15, 0.2) is 137 Å². The summed E-state index contributed by atoms with van der Waals surface area (Å²) in [6.07, 6.45) is 4.62. The molecule has 3 aromatic rings. The van der Waals surface area contributed by atoms with Gasteiger partial charge in [0.05, 0.1) is 27.4 Å². The average molecular weight is 633 g/mol. The first kappa shape index (κ1) is 43.3. The molecule has 232 valence electrons. The van der Waals surface area contributed by atoms with Crippen LogP contribution >= 0.6 is 0 Å². The lowest BCUT2D eigenvalue weighted by Gasteiger charge is -2.06. The van der Waals surface area contributed by atoms with Crippen molar-refractivity contribution in [2.24, 2.45) is 9.98 Å². The van der Waals surface area contributed by atoms with Crippen LogP contribution in [0.4, 0.5) is 0 Å². The Morgan fingerprint density at radius 3 is 1.89 bits per heavy atom. The Morgan fingerprint density at radius 2 is 1.51 bits per heavy atom. The number of rotatable bonds is 4. The van der Waals surface area contributed by atoms with Crippen molar-refractivity contribution in [2.75, 3.05) is 13.7 Å². The van der Waals surface area contributed by atoms with E-state index in [2.05, 4.69) is 84.7 Å². The number of carboxylic acid groups (broad SMARTS) is 1. The number of nitrogens with zero attached hydrogens (tertiary/aromatic N) is 2. The Kier molecular flexibility index (Phi) is 27.0. The molecule has 0 unspecified atom stereocenters. The lowest BCUT2D eigenvalue weighted by Crippen LogP contribution is -2.58. The van der Waals surface area contributed by atoms with Gasteiger partial charge in [0.25, 0.3) is 0 Å². The Morgan fingerprint density at radius 1 is 1.00 bits per heavy atom. The van der Waals surface area contributed by atoms with Crippen LogP contribution in [0.2, 0.25) is 0 Å². The zero-order valence-corrected chi connectivity index (χ0v) is 25.0. The molecule has 1 heterocycles. The second-order valence-electron chi connectivity index (χ2n) is 6.61. The molecule has 1 aromatic heterocycles. The third-order valence-corrected chi connectivity index (χ3v) is 3.86. The van der Waals surface area contributed by atoms with Crippen molar-refractivity contribution in [3.05, 3.63) is 128 Å². The van der Waals surface area contributed by atoms with E-state index in [0.29, 0.717) is 16.7 Å². The molecule has 12 heteroatoms. The van der Waals surface area contributed by atoms with Crippen molar-refractivity contribution in [1.29, 1.82) is 0 Å². The Labute approximate surface area is 262 Å². The summed E-state index contributed by atoms with van der Waals surface area (Å²) in [7, 11) is -3.09. The molecule has 0 bridgehead atoms. The molecule has 0 aliphatic heterocycles. The van der Waals surface area contributed by atoms with E-state index in [1.165, 1.54) is 5.94 Å². The number of hydrogen-bond donors (Lipinski definition) is 2. The molecule has 0 amide bonds. The van der Waals surface area contributed by atoms with Gasteiger partial charge in [0.15, 0.2) is 5.94 Å². The highest BCUT2D eigenvalue weighted by Crippen LogP contribution is 2.24. The molecule has 11 nitrogen and oxygen atoms in total. The van der Waals surface area contributed by atoms with Crippen LogP contribution in [0.3, 0.4) is 0 Å². The quantitative estimate of drug-likeness (QED) is 0.142. The van der Waals surface area contributed by atoms with Crippen LogP contribution in [0.5, 0.6) is 5.75 Å². The summed E-state index contributed by atoms with van der Waals surface area (Å²) in [6.45, 7) is 18.2. The highest BCUT2D eigenvalue weighted by molar-refractivity contribution is 5.78. The first-order valence-corrected chi connectivity index (χ1v) is 12.8. The fourth-order valence-corrected chi connectivity index (χ4v) is 2.43. The van der Waals surface area contributed by atoms with Crippen LogP contribution in [0, 0.1) is 22.7 Å². The van der Waals surface area contributed by atoms with Crippen LogP contribution < -0.4 is 24.1 Å². The maximum Gasteiger partial charge on any atom is 0.325 e. The van der Waals surface area contributed by atoms with Gasteiger partial charge in [0.1, 0.15) is 23.6 Å². The van der Waals surface area contributed by atoms with E-state index in [1.807, 2.05) is 60.3 Å². The fraction of sp³-hybridized carbons (Fsp3) is 0.0606. The lowest BCUT2D eigenvalue weighted by molar-refractivity contribution is -1.92. The summed E-state index contributed by atoms with van der Waals surface area (Å²) in [6, 6.07) is 18.6. The summed E-state index contributed by atoms with van der Waals surface area (Å²) in [4.78, 5) is 27.0. The average Bonchev–Trinajstić information content (AvgIpc) is 3.03.